The maximum absolute atomic E-state index is 5.22. The molecule has 3 rings (SSSR count). The van der Waals surface area contributed by atoms with E-state index in [9.17, 15) is 0 Å². The van der Waals surface area contributed by atoms with Gasteiger partial charge in [0.05, 0.1) is 10.9 Å². The fraction of sp³-hybridized carbons (Fsp3) is 0.111. The van der Waals surface area contributed by atoms with Crippen molar-refractivity contribution in [3.05, 3.63) is 24.3 Å². The van der Waals surface area contributed by atoms with Crippen molar-refractivity contribution in [1.29, 1.82) is 0 Å². The second kappa shape index (κ2) is 2.32. The normalized spacial score (nSPS) is 13.5. The molecule has 1 aromatic heterocycles. The molecular weight excluding hydrogens is 168 g/mol. The highest BCUT2D eigenvalue weighted by Gasteiger charge is 2.13. The number of para-hydroxylation sites is 1. The number of nitrogens with zero attached hydrogens (tertiary/aromatic N) is 2. The molecule has 0 saturated carbocycles. The molecule has 0 spiro atoms. The summed E-state index contributed by atoms with van der Waals surface area (Å²) in [6.45, 7) is 0.200. The first-order valence-electron chi connectivity index (χ1n) is 3.96. The Morgan fingerprint density at radius 3 is 3.00 bits per heavy atom. The Labute approximate surface area is 74.1 Å². The van der Waals surface area contributed by atoms with Gasteiger partial charge >= 0.3 is 6.01 Å². The predicted molar refractivity (Wildman–Crippen MR) is 45.7 cm³/mol. The van der Waals surface area contributed by atoms with Crippen molar-refractivity contribution in [2.75, 3.05) is 6.79 Å². The zero-order chi connectivity index (χ0) is 8.67. The van der Waals surface area contributed by atoms with Crippen LogP contribution in [0.3, 0.4) is 0 Å². The second-order valence-corrected chi connectivity index (χ2v) is 2.74. The van der Waals surface area contributed by atoms with Crippen molar-refractivity contribution in [1.82, 2.24) is 9.97 Å². The van der Waals surface area contributed by atoms with Crippen LogP contribution in [0.2, 0.25) is 0 Å². The van der Waals surface area contributed by atoms with Gasteiger partial charge in [0.25, 0.3) is 0 Å². The van der Waals surface area contributed by atoms with E-state index >= 15 is 0 Å². The Hall–Kier alpha value is -1.84. The van der Waals surface area contributed by atoms with Gasteiger partial charge in [0.15, 0.2) is 0 Å². The summed E-state index contributed by atoms with van der Waals surface area (Å²) in [5.74, 6) is 0.604. The van der Waals surface area contributed by atoms with E-state index in [1.54, 1.807) is 0 Å². The van der Waals surface area contributed by atoms with Gasteiger partial charge in [-0.1, -0.05) is 12.1 Å². The Kier molecular flexibility index (Phi) is 1.19. The van der Waals surface area contributed by atoms with Crippen LogP contribution in [0, 0.1) is 0 Å². The summed E-state index contributed by atoms with van der Waals surface area (Å²) in [7, 11) is 0. The van der Waals surface area contributed by atoms with Crippen LogP contribution in [0.5, 0.6) is 11.9 Å². The fourth-order valence-corrected chi connectivity index (χ4v) is 1.34. The average Bonchev–Trinajstić information content (AvgIpc) is 2.18. The number of fused-ring (bicyclic) bond motifs is 4. The molecule has 13 heavy (non-hydrogen) atoms. The van der Waals surface area contributed by atoms with E-state index in [-0.39, 0.29) is 6.79 Å². The summed E-state index contributed by atoms with van der Waals surface area (Å²) in [5.41, 5.74) is 0.849. The number of aromatic nitrogens is 2. The molecule has 1 aromatic carbocycles. The molecule has 4 heteroatoms. The summed E-state index contributed by atoms with van der Waals surface area (Å²) in [4.78, 5) is 8.24. The lowest BCUT2D eigenvalue weighted by molar-refractivity contribution is 0.0847. The molecule has 64 valence electrons. The van der Waals surface area contributed by atoms with Gasteiger partial charge in [-0.25, -0.2) is 0 Å². The minimum atomic E-state index is 0.200. The minimum Gasteiger partial charge on any atom is -0.439 e. The molecule has 2 aromatic rings. The van der Waals surface area contributed by atoms with Crippen LogP contribution in [0.15, 0.2) is 24.3 Å². The first-order valence-corrected chi connectivity index (χ1v) is 3.96. The maximum atomic E-state index is 5.22. The van der Waals surface area contributed by atoms with Crippen LogP contribution in [-0.2, 0) is 0 Å². The molecule has 1 aliphatic heterocycles. The lowest BCUT2D eigenvalue weighted by Crippen LogP contribution is -2.14. The highest BCUT2D eigenvalue weighted by atomic mass is 16.7. The van der Waals surface area contributed by atoms with E-state index in [2.05, 4.69) is 9.97 Å². The van der Waals surface area contributed by atoms with Gasteiger partial charge in [0.2, 0.25) is 12.7 Å². The summed E-state index contributed by atoms with van der Waals surface area (Å²) < 4.78 is 10.3. The lowest BCUT2D eigenvalue weighted by Gasteiger charge is -2.14. The molecule has 0 unspecified atom stereocenters. The van der Waals surface area contributed by atoms with Crippen molar-refractivity contribution in [3.8, 4) is 11.9 Å². The van der Waals surface area contributed by atoms with Gasteiger partial charge in [-0.05, 0) is 12.1 Å². The van der Waals surface area contributed by atoms with Crippen molar-refractivity contribution in [2.45, 2.75) is 0 Å². The van der Waals surface area contributed by atoms with E-state index in [0.29, 0.717) is 11.9 Å². The highest BCUT2D eigenvalue weighted by Crippen LogP contribution is 2.26. The topological polar surface area (TPSA) is 44.2 Å². The lowest BCUT2D eigenvalue weighted by atomic mass is 10.2. The third kappa shape index (κ3) is 0.917. The van der Waals surface area contributed by atoms with Gasteiger partial charge in [0.1, 0.15) is 0 Å². The Morgan fingerprint density at radius 2 is 2.00 bits per heavy atom. The maximum Gasteiger partial charge on any atom is 0.323 e. The molecule has 0 radical (unpaired) electrons. The molecule has 4 nitrogen and oxygen atoms in total. The third-order valence-corrected chi connectivity index (χ3v) is 1.93. The zero-order valence-corrected chi connectivity index (χ0v) is 6.73. The predicted octanol–water partition coefficient (Wildman–Crippen LogP) is 1.36. The van der Waals surface area contributed by atoms with Gasteiger partial charge < -0.3 is 9.47 Å². The van der Waals surface area contributed by atoms with Crippen LogP contribution < -0.4 is 9.47 Å². The second-order valence-electron chi connectivity index (χ2n) is 2.74. The molecule has 0 saturated heterocycles. The van der Waals surface area contributed by atoms with Crippen molar-refractivity contribution < 1.29 is 9.47 Å². The number of rotatable bonds is 0. The van der Waals surface area contributed by atoms with E-state index in [1.165, 1.54) is 0 Å². The number of benzene rings is 1. The van der Waals surface area contributed by atoms with Crippen LogP contribution in [0.25, 0.3) is 10.9 Å². The summed E-state index contributed by atoms with van der Waals surface area (Å²) in [6, 6.07) is 8.08. The first kappa shape index (κ1) is 6.65. The van der Waals surface area contributed by atoms with E-state index < -0.39 is 0 Å². The van der Waals surface area contributed by atoms with E-state index in [1.807, 2.05) is 24.3 Å². The summed E-state index contributed by atoms with van der Waals surface area (Å²) >= 11 is 0. The van der Waals surface area contributed by atoms with Crippen molar-refractivity contribution in [2.24, 2.45) is 0 Å². The molecule has 1 aliphatic rings. The number of hydrogen-bond donors (Lipinski definition) is 0. The molecule has 2 bridgehead atoms. The Bertz CT molecular complexity index is 470. The molecule has 0 aliphatic carbocycles. The fourth-order valence-electron chi connectivity index (χ4n) is 1.34. The number of ether oxygens (including phenoxy) is 2. The Morgan fingerprint density at radius 1 is 1.08 bits per heavy atom. The van der Waals surface area contributed by atoms with Gasteiger partial charge in [-0.15, -0.1) is 0 Å². The number of hydrogen-bond acceptors (Lipinski definition) is 4. The molecule has 0 N–H and O–H groups in total. The van der Waals surface area contributed by atoms with Crippen LogP contribution in [-0.4, -0.2) is 16.8 Å². The average molecular weight is 174 g/mol. The largest absolute Gasteiger partial charge is 0.439 e. The first-order chi connectivity index (χ1) is 6.43. The summed E-state index contributed by atoms with van der Waals surface area (Å²) in [5, 5.41) is 0.926. The van der Waals surface area contributed by atoms with Gasteiger partial charge in [-0.3, -0.25) is 0 Å². The zero-order valence-electron chi connectivity index (χ0n) is 6.73. The molecule has 0 fully saturated rings. The Balaban J connectivity index is 2.43. The van der Waals surface area contributed by atoms with E-state index in [0.717, 1.165) is 10.9 Å². The molecule has 0 amide bonds. The quantitative estimate of drug-likeness (QED) is 0.604. The molecule has 0 atom stereocenters. The van der Waals surface area contributed by atoms with Crippen LogP contribution in [0.1, 0.15) is 0 Å². The standard InChI is InChI=1S/C9H6N2O2/c1-2-4-7-6(3-1)8-11-9(10-7)13-5-12-8/h1-4H,5H2. The van der Waals surface area contributed by atoms with Crippen molar-refractivity contribution >= 4 is 10.9 Å². The third-order valence-electron chi connectivity index (χ3n) is 1.93. The SMILES string of the molecule is c1ccc2c3nc(nc2c1)OCO3. The minimum absolute atomic E-state index is 0.200. The van der Waals surface area contributed by atoms with Crippen LogP contribution >= 0.6 is 0 Å². The van der Waals surface area contributed by atoms with E-state index in [4.69, 9.17) is 9.47 Å². The van der Waals surface area contributed by atoms with Gasteiger partial charge in [0, 0.05) is 0 Å². The van der Waals surface area contributed by atoms with Gasteiger partial charge in [-0.2, -0.15) is 9.97 Å². The smallest absolute Gasteiger partial charge is 0.323 e. The molecule has 2 heterocycles. The highest BCUT2D eigenvalue weighted by molar-refractivity contribution is 5.83. The van der Waals surface area contributed by atoms with Crippen molar-refractivity contribution in [3.63, 3.8) is 0 Å². The molecular formula is C9H6N2O2. The van der Waals surface area contributed by atoms with Crippen LogP contribution in [0.4, 0.5) is 0 Å². The summed E-state index contributed by atoms with van der Waals surface area (Å²) in [6.07, 6.45) is 0. The monoisotopic (exact) mass is 174 g/mol.